The van der Waals surface area contributed by atoms with E-state index in [0.29, 0.717) is 13.1 Å². The first kappa shape index (κ1) is 14.9. The molecule has 8 heteroatoms. The lowest BCUT2D eigenvalue weighted by Gasteiger charge is -2.35. The van der Waals surface area contributed by atoms with Gasteiger partial charge in [0.05, 0.1) is 11.5 Å². The number of nitrogens with zero attached hydrogens (tertiary/aromatic N) is 1. The zero-order valence-corrected chi connectivity index (χ0v) is 12.0. The normalized spacial score (nSPS) is 28.2. The predicted octanol–water partition coefficient (Wildman–Crippen LogP) is -0.957. The Labute approximate surface area is 103 Å². The Bertz CT molecular complexity index is 447. The fourth-order valence-electron chi connectivity index (χ4n) is 1.89. The molecule has 0 aliphatic carbocycles. The van der Waals surface area contributed by atoms with Gasteiger partial charge in [-0.15, -0.1) is 0 Å². The topological polar surface area (TPSA) is 83.6 Å². The molecule has 0 bridgehead atoms. The molecule has 2 atom stereocenters. The number of hydrogen-bond acceptors (Lipinski definition) is 5. The molecule has 1 saturated heterocycles. The van der Waals surface area contributed by atoms with Crippen molar-refractivity contribution in [3.05, 3.63) is 0 Å². The first-order valence-corrected chi connectivity index (χ1v) is 9.19. The van der Waals surface area contributed by atoms with Crippen LogP contribution < -0.4 is 5.32 Å². The van der Waals surface area contributed by atoms with E-state index in [1.165, 1.54) is 4.31 Å². The van der Waals surface area contributed by atoms with E-state index in [1.807, 2.05) is 13.8 Å². The quantitative estimate of drug-likeness (QED) is 0.719. The number of rotatable bonds is 4. The van der Waals surface area contributed by atoms with Crippen molar-refractivity contribution in [2.24, 2.45) is 0 Å². The number of nitrogens with one attached hydrogen (secondary N) is 1. The summed E-state index contributed by atoms with van der Waals surface area (Å²) in [6, 6.07) is 0.179. The number of hydrogen-bond donors (Lipinski definition) is 1. The average Bonchev–Trinajstić information content (AvgIpc) is 2.12. The van der Waals surface area contributed by atoms with E-state index in [1.54, 1.807) is 0 Å². The summed E-state index contributed by atoms with van der Waals surface area (Å²) in [7, 11) is -6.71. The third-order valence-corrected chi connectivity index (χ3v) is 5.64. The largest absolute Gasteiger partial charge is 0.309 e. The summed E-state index contributed by atoms with van der Waals surface area (Å²) in [4.78, 5) is 0. The number of sulfone groups is 1. The van der Waals surface area contributed by atoms with Crippen LogP contribution in [0.15, 0.2) is 0 Å². The molecule has 0 radical (unpaired) electrons. The van der Waals surface area contributed by atoms with Gasteiger partial charge in [0.2, 0.25) is 10.0 Å². The van der Waals surface area contributed by atoms with E-state index in [0.717, 1.165) is 6.26 Å². The van der Waals surface area contributed by atoms with E-state index < -0.39 is 19.9 Å². The molecule has 1 heterocycles. The zero-order chi connectivity index (χ0) is 13.3. The molecular formula is C9H20N2O4S2. The summed E-state index contributed by atoms with van der Waals surface area (Å²) < 4.78 is 47.3. The lowest BCUT2D eigenvalue weighted by Crippen LogP contribution is -2.56. The lowest BCUT2D eigenvalue weighted by atomic mass is 10.2. The minimum atomic E-state index is -3.47. The highest BCUT2D eigenvalue weighted by Crippen LogP contribution is 2.10. The van der Waals surface area contributed by atoms with Crippen molar-refractivity contribution in [2.45, 2.75) is 25.9 Å². The molecule has 0 aromatic rings. The Morgan fingerprint density at radius 1 is 1.06 bits per heavy atom. The summed E-state index contributed by atoms with van der Waals surface area (Å²) in [5, 5.41) is 3.23. The molecule has 2 unspecified atom stereocenters. The van der Waals surface area contributed by atoms with Gasteiger partial charge in [-0.1, -0.05) is 0 Å². The molecule has 1 N–H and O–H groups in total. The Hall–Kier alpha value is -0.180. The summed E-state index contributed by atoms with van der Waals surface area (Å²) in [5.41, 5.74) is 0. The van der Waals surface area contributed by atoms with Crippen molar-refractivity contribution < 1.29 is 16.8 Å². The predicted molar refractivity (Wildman–Crippen MR) is 67.1 cm³/mol. The van der Waals surface area contributed by atoms with Crippen LogP contribution in [0.3, 0.4) is 0 Å². The molecule has 1 fully saturated rings. The highest BCUT2D eigenvalue weighted by molar-refractivity contribution is 7.93. The van der Waals surface area contributed by atoms with Gasteiger partial charge in [-0.2, -0.15) is 4.31 Å². The molecule has 0 spiro atoms. The van der Waals surface area contributed by atoms with Crippen molar-refractivity contribution in [1.29, 1.82) is 0 Å². The van der Waals surface area contributed by atoms with Crippen LogP contribution in [0.25, 0.3) is 0 Å². The standard InChI is InChI=1S/C9H20N2O4S2/c1-8-6-11(7-9(2)10-8)17(14,15)5-4-16(3,12)13/h8-10H,4-7H2,1-3H3. The van der Waals surface area contributed by atoms with Gasteiger partial charge in [0.15, 0.2) is 0 Å². The van der Waals surface area contributed by atoms with Crippen LogP contribution in [0.4, 0.5) is 0 Å². The Kier molecular flexibility index (Phi) is 4.56. The smallest absolute Gasteiger partial charge is 0.215 e. The molecule has 17 heavy (non-hydrogen) atoms. The first-order valence-electron chi connectivity index (χ1n) is 5.52. The van der Waals surface area contributed by atoms with Gasteiger partial charge in [0.25, 0.3) is 0 Å². The van der Waals surface area contributed by atoms with E-state index in [9.17, 15) is 16.8 Å². The van der Waals surface area contributed by atoms with Crippen LogP contribution >= 0.6 is 0 Å². The van der Waals surface area contributed by atoms with Crippen LogP contribution in [-0.2, 0) is 19.9 Å². The Morgan fingerprint density at radius 3 is 1.94 bits per heavy atom. The average molecular weight is 284 g/mol. The third-order valence-electron chi connectivity index (χ3n) is 2.63. The van der Waals surface area contributed by atoms with E-state index in [-0.39, 0.29) is 23.6 Å². The molecule has 0 amide bonds. The summed E-state index contributed by atoms with van der Waals surface area (Å²) >= 11 is 0. The van der Waals surface area contributed by atoms with Crippen molar-refractivity contribution in [1.82, 2.24) is 9.62 Å². The van der Waals surface area contributed by atoms with Gasteiger partial charge in [-0.3, -0.25) is 0 Å². The van der Waals surface area contributed by atoms with Gasteiger partial charge in [0, 0.05) is 31.4 Å². The molecule has 0 saturated carbocycles. The summed E-state index contributed by atoms with van der Waals surface area (Å²) in [6.45, 7) is 4.62. The van der Waals surface area contributed by atoms with Crippen LogP contribution in [-0.4, -0.2) is 64.1 Å². The number of piperazine rings is 1. The van der Waals surface area contributed by atoms with Crippen LogP contribution in [0.1, 0.15) is 13.8 Å². The molecule has 6 nitrogen and oxygen atoms in total. The molecular weight excluding hydrogens is 264 g/mol. The van der Waals surface area contributed by atoms with Crippen molar-refractivity contribution in [3.8, 4) is 0 Å². The second-order valence-electron chi connectivity index (χ2n) is 4.73. The monoisotopic (exact) mass is 284 g/mol. The SMILES string of the molecule is CC1CN(S(=O)(=O)CCS(C)(=O)=O)CC(C)N1. The molecule has 1 aliphatic heterocycles. The van der Waals surface area contributed by atoms with Crippen LogP contribution in [0.2, 0.25) is 0 Å². The fourth-order valence-corrected chi connectivity index (χ4v) is 5.10. The maximum Gasteiger partial charge on any atom is 0.215 e. The van der Waals surface area contributed by atoms with Crippen LogP contribution in [0, 0.1) is 0 Å². The minimum Gasteiger partial charge on any atom is -0.309 e. The maximum atomic E-state index is 12.0. The molecule has 0 aromatic heterocycles. The Balaban J connectivity index is 2.70. The van der Waals surface area contributed by atoms with E-state index in [2.05, 4.69) is 5.32 Å². The lowest BCUT2D eigenvalue weighted by molar-refractivity contribution is 0.263. The van der Waals surface area contributed by atoms with Crippen molar-refractivity contribution >= 4 is 19.9 Å². The van der Waals surface area contributed by atoms with E-state index in [4.69, 9.17) is 0 Å². The summed E-state index contributed by atoms with van der Waals surface area (Å²) in [6.07, 6.45) is 1.05. The fraction of sp³-hybridized carbons (Fsp3) is 1.00. The van der Waals surface area contributed by atoms with Crippen LogP contribution in [0.5, 0.6) is 0 Å². The highest BCUT2D eigenvalue weighted by atomic mass is 32.2. The maximum absolute atomic E-state index is 12.0. The minimum absolute atomic E-state index is 0.0896. The third kappa shape index (κ3) is 4.90. The second kappa shape index (κ2) is 5.21. The van der Waals surface area contributed by atoms with Gasteiger partial charge in [-0.25, -0.2) is 16.8 Å². The van der Waals surface area contributed by atoms with Crippen molar-refractivity contribution in [3.63, 3.8) is 0 Å². The molecule has 0 aromatic carbocycles. The van der Waals surface area contributed by atoms with Gasteiger partial charge in [-0.05, 0) is 13.8 Å². The molecule has 1 rings (SSSR count). The Morgan fingerprint density at radius 2 is 1.53 bits per heavy atom. The second-order valence-corrected chi connectivity index (χ2v) is 9.08. The first-order chi connectivity index (χ1) is 7.60. The number of sulfonamides is 1. The van der Waals surface area contributed by atoms with E-state index >= 15 is 0 Å². The van der Waals surface area contributed by atoms with Gasteiger partial charge < -0.3 is 5.32 Å². The van der Waals surface area contributed by atoms with Crippen molar-refractivity contribution in [2.75, 3.05) is 30.9 Å². The summed E-state index contributed by atoms with van der Waals surface area (Å²) in [5.74, 6) is -0.646. The zero-order valence-electron chi connectivity index (χ0n) is 10.4. The molecule has 1 aliphatic rings. The highest BCUT2D eigenvalue weighted by Gasteiger charge is 2.30. The molecule has 102 valence electrons. The van der Waals surface area contributed by atoms with Gasteiger partial charge in [0.1, 0.15) is 9.84 Å². The van der Waals surface area contributed by atoms with Gasteiger partial charge >= 0.3 is 0 Å².